The molecule has 0 aliphatic carbocycles. The van der Waals surface area contributed by atoms with Crippen molar-refractivity contribution < 1.29 is 9.18 Å². The second-order valence-corrected chi connectivity index (χ2v) is 9.65. The SMILES string of the molecule is O=C(c1cc(-c2ccc(F)cc2)nc2cc(-c3ccccc3)nn12)N(CCc1ccccc1)Cc1ccccc1. The number of fused-ring (bicyclic) bond motifs is 1. The van der Waals surface area contributed by atoms with Gasteiger partial charge in [-0.25, -0.2) is 13.9 Å². The fourth-order valence-corrected chi connectivity index (χ4v) is 4.77. The quantitative estimate of drug-likeness (QED) is 0.213. The largest absolute Gasteiger partial charge is 0.333 e. The minimum Gasteiger partial charge on any atom is -0.333 e. The number of aromatic nitrogens is 3. The molecule has 1 amide bonds. The molecule has 0 N–H and O–H groups in total. The third kappa shape index (κ3) is 5.52. The van der Waals surface area contributed by atoms with Crippen molar-refractivity contribution in [2.75, 3.05) is 6.54 Å². The van der Waals surface area contributed by atoms with E-state index < -0.39 is 0 Å². The van der Waals surface area contributed by atoms with Gasteiger partial charge in [-0.2, -0.15) is 5.10 Å². The van der Waals surface area contributed by atoms with Gasteiger partial charge < -0.3 is 4.90 Å². The van der Waals surface area contributed by atoms with Crippen LogP contribution >= 0.6 is 0 Å². The van der Waals surface area contributed by atoms with E-state index in [2.05, 4.69) is 12.1 Å². The molecule has 0 fully saturated rings. The highest BCUT2D eigenvalue weighted by Gasteiger charge is 2.23. The molecule has 6 heteroatoms. The zero-order chi connectivity index (χ0) is 27.3. The van der Waals surface area contributed by atoms with Gasteiger partial charge in [0.15, 0.2) is 5.65 Å². The average Bonchev–Trinajstić information content (AvgIpc) is 3.45. The van der Waals surface area contributed by atoms with Crippen LogP contribution in [-0.4, -0.2) is 31.9 Å². The van der Waals surface area contributed by atoms with Crippen LogP contribution in [0.5, 0.6) is 0 Å². The van der Waals surface area contributed by atoms with Crippen LogP contribution in [0.25, 0.3) is 28.2 Å². The molecule has 2 aromatic heterocycles. The number of carbonyl (C=O) groups excluding carboxylic acids is 1. The van der Waals surface area contributed by atoms with Crippen molar-refractivity contribution in [1.82, 2.24) is 19.5 Å². The highest BCUT2D eigenvalue weighted by Crippen LogP contribution is 2.25. The summed E-state index contributed by atoms with van der Waals surface area (Å²) in [6.45, 7) is 0.981. The van der Waals surface area contributed by atoms with Crippen LogP contribution in [0.4, 0.5) is 4.39 Å². The first-order valence-electron chi connectivity index (χ1n) is 13.2. The number of benzene rings is 4. The third-order valence-corrected chi connectivity index (χ3v) is 6.87. The summed E-state index contributed by atoms with van der Waals surface area (Å²) in [5.74, 6) is -0.481. The molecule has 0 bridgehead atoms. The summed E-state index contributed by atoms with van der Waals surface area (Å²) in [6, 6.07) is 39.7. The van der Waals surface area contributed by atoms with Crippen LogP contribution in [0, 0.1) is 5.82 Å². The molecule has 0 spiro atoms. The summed E-state index contributed by atoms with van der Waals surface area (Å²) in [6.07, 6.45) is 0.715. The van der Waals surface area contributed by atoms with Crippen LogP contribution < -0.4 is 0 Å². The number of halogens is 1. The topological polar surface area (TPSA) is 50.5 Å². The molecule has 0 atom stereocenters. The molecular weight excluding hydrogens is 499 g/mol. The minimum absolute atomic E-state index is 0.154. The molecule has 6 rings (SSSR count). The average molecular weight is 527 g/mol. The van der Waals surface area contributed by atoms with Gasteiger partial charge in [0, 0.05) is 30.3 Å². The molecule has 0 saturated heterocycles. The van der Waals surface area contributed by atoms with Crippen molar-refractivity contribution in [2.24, 2.45) is 0 Å². The summed E-state index contributed by atoms with van der Waals surface area (Å²) in [5.41, 5.74) is 6.10. The van der Waals surface area contributed by atoms with E-state index >= 15 is 0 Å². The maximum Gasteiger partial charge on any atom is 0.272 e. The van der Waals surface area contributed by atoms with Crippen molar-refractivity contribution in [3.63, 3.8) is 0 Å². The van der Waals surface area contributed by atoms with Gasteiger partial charge in [-0.3, -0.25) is 4.79 Å². The number of rotatable bonds is 8. The molecule has 0 unspecified atom stereocenters. The zero-order valence-corrected chi connectivity index (χ0v) is 21.8. The Labute approximate surface area is 232 Å². The summed E-state index contributed by atoms with van der Waals surface area (Å²) in [7, 11) is 0. The molecule has 0 aliphatic heterocycles. The van der Waals surface area contributed by atoms with E-state index in [9.17, 15) is 9.18 Å². The maximum atomic E-state index is 14.3. The first kappa shape index (κ1) is 25.2. The van der Waals surface area contributed by atoms with Crippen molar-refractivity contribution in [1.29, 1.82) is 0 Å². The Kier molecular flexibility index (Phi) is 7.14. The van der Waals surface area contributed by atoms with Crippen LogP contribution in [-0.2, 0) is 13.0 Å². The van der Waals surface area contributed by atoms with Crippen molar-refractivity contribution in [2.45, 2.75) is 13.0 Å². The molecule has 196 valence electrons. The van der Waals surface area contributed by atoms with Gasteiger partial charge in [0.25, 0.3) is 5.91 Å². The van der Waals surface area contributed by atoms with E-state index in [-0.39, 0.29) is 11.7 Å². The molecule has 0 aliphatic rings. The van der Waals surface area contributed by atoms with E-state index in [1.165, 1.54) is 12.1 Å². The lowest BCUT2D eigenvalue weighted by atomic mass is 10.1. The lowest BCUT2D eigenvalue weighted by Crippen LogP contribution is -2.34. The molecule has 0 saturated carbocycles. The molecular formula is C34H27FN4O. The Balaban J connectivity index is 1.45. The predicted molar refractivity (Wildman–Crippen MR) is 155 cm³/mol. The first-order chi connectivity index (χ1) is 19.6. The fourth-order valence-electron chi connectivity index (χ4n) is 4.77. The highest BCUT2D eigenvalue weighted by atomic mass is 19.1. The van der Waals surface area contributed by atoms with Gasteiger partial charge in [-0.15, -0.1) is 0 Å². The molecule has 5 nitrogen and oxygen atoms in total. The minimum atomic E-state index is -0.327. The van der Waals surface area contributed by atoms with E-state index in [0.29, 0.717) is 36.5 Å². The lowest BCUT2D eigenvalue weighted by molar-refractivity contribution is 0.0736. The summed E-state index contributed by atoms with van der Waals surface area (Å²) < 4.78 is 15.3. The summed E-state index contributed by atoms with van der Waals surface area (Å²) >= 11 is 0. The number of hydrogen-bond donors (Lipinski definition) is 0. The maximum absolute atomic E-state index is 14.3. The third-order valence-electron chi connectivity index (χ3n) is 6.87. The van der Waals surface area contributed by atoms with Gasteiger partial charge in [-0.1, -0.05) is 91.0 Å². The van der Waals surface area contributed by atoms with Gasteiger partial charge in [0.2, 0.25) is 0 Å². The van der Waals surface area contributed by atoms with E-state index in [0.717, 1.165) is 27.9 Å². The van der Waals surface area contributed by atoms with Crippen LogP contribution in [0.15, 0.2) is 127 Å². The van der Waals surface area contributed by atoms with E-state index in [1.807, 2.05) is 89.8 Å². The number of amides is 1. The van der Waals surface area contributed by atoms with Crippen molar-refractivity contribution in [3.05, 3.63) is 150 Å². The summed E-state index contributed by atoms with van der Waals surface area (Å²) in [5, 5.41) is 4.81. The Morgan fingerprint density at radius 2 is 1.30 bits per heavy atom. The summed E-state index contributed by atoms with van der Waals surface area (Å²) in [4.78, 5) is 21.0. The van der Waals surface area contributed by atoms with Crippen LogP contribution in [0.2, 0.25) is 0 Å². The second-order valence-electron chi connectivity index (χ2n) is 9.65. The lowest BCUT2D eigenvalue weighted by Gasteiger charge is -2.23. The second kappa shape index (κ2) is 11.3. The number of nitrogens with zero attached hydrogens (tertiary/aromatic N) is 4. The Bertz CT molecular complexity index is 1730. The normalized spacial score (nSPS) is 11.0. The van der Waals surface area contributed by atoms with Crippen LogP contribution in [0.1, 0.15) is 21.6 Å². The van der Waals surface area contributed by atoms with Gasteiger partial charge >= 0.3 is 0 Å². The van der Waals surface area contributed by atoms with Crippen molar-refractivity contribution >= 4 is 11.6 Å². The highest BCUT2D eigenvalue weighted by molar-refractivity contribution is 5.94. The molecule has 2 heterocycles. The van der Waals surface area contributed by atoms with Gasteiger partial charge in [-0.05, 0) is 47.9 Å². The molecule has 0 radical (unpaired) electrons. The standard InChI is InChI=1S/C34H27FN4O/c35-29-18-16-28(17-19-29)30-22-32(39-33(36-30)23-31(37-39)27-14-8-3-9-15-27)34(40)38(24-26-12-6-2-7-13-26)21-20-25-10-4-1-5-11-25/h1-19,22-23H,20-21,24H2. The Morgan fingerprint density at radius 1 is 0.700 bits per heavy atom. The van der Waals surface area contributed by atoms with E-state index in [4.69, 9.17) is 10.1 Å². The van der Waals surface area contributed by atoms with Gasteiger partial charge in [0.05, 0.1) is 11.4 Å². The first-order valence-corrected chi connectivity index (χ1v) is 13.2. The van der Waals surface area contributed by atoms with E-state index in [1.54, 1.807) is 22.7 Å². The fraction of sp³-hybridized carbons (Fsp3) is 0.0882. The Hall–Kier alpha value is -5.10. The van der Waals surface area contributed by atoms with Crippen molar-refractivity contribution in [3.8, 4) is 22.5 Å². The smallest absolute Gasteiger partial charge is 0.272 e. The zero-order valence-electron chi connectivity index (χ0n) is 21.8. The molecule has 40 heavy (non-hydrogen) atoms. The number of carbonyl (C=O) groups is 1. The van der Waals surface area contributed by atoms with Gasteiger partial charge in [0.1, 0.15) is 11.5 Å². The molecule has 4 aromatic carbocycles. The number of hydrogen-bond acceptors (Lipinski definition) is 3. The van der Waals surface area contributed by atoms with Crippen LogP contribution in [0.3, 0.4) is 0 Å². The predicted octanol–water partition coefficient (Wildman–Crippen LogP) is 7.09. The molecule has 6 aromatic rings. The Morgan fingerprint density at radius 3 is 1.98 bits per heavy atom. The monoisotopic (exact) mass is 526 g/mol.